The number of rotatable bonds is 3. The third-order valence-electron chi connectivity index (χ3n) is 3.44. The molecule has 0 aliphatic carbocycles. The molecule has 0 spiro atoms. The number of piperidine rings is 1. The number of hydrogen-bond acceptors (Lipinski definition) is 2. The van der Waals surface area contributed by atoms with Crippen molar-refractivity contribution in [3.8, 4) is 0 Å². The van der Waals surface area contributed by atoms with Crippen molar-refractivity contribution in [1.82, 2.24) is 4.31 Å². The smallest absolute Gasteiger partial charge is 0.207 e. The van der Waals surface area contributed by atoms with E-state index in [1.165, 1.54) is 0 Å². The van der Waals surface area contributed by atoms with Gasteiger partial charge in [-0.3, -0.25) is 0 Å². The van der Waals surface area contributed by atoms with E-state index in [9.17, 15) is 8.42 Å². The van der Waals surface area contributed by atoms with Gasteiger partial charge in [-0.05, 0) is 43.0 Å². The molecular formula is C13H17BrClNO2S. The van der Waals surface area contributed by atoms with Crippen LogP contribution in [0.3, 0.4) is 0 Å². The lowest BCUT2D eigenvalue weighted by molar-refractivity contribution is 0.346. The first-order valence-corrected chi connectivity index (χ1v) is 9.08. The molecule has 0 amide bonds. The zero-order valence-electron chi connectivity index (χ0n) is 10.8. The van der Waals surface area contributed by atoms with Gasteiger partial charge in [-0.2, -0.15) is 4.31 Å². The van der Waals surface area contributed by atoms with E-state index in [-0.39, 0.29) is 0 Å². The largest absolute Gasteiger partial charge is 0.243 e. The summed E-state index contributed by atoms with van der Waals surface area (Å²) < 4.78 is 27.8. The summed E-state index contributed by atoms with van der Waals surface area (Å²) in [4.78, 5) is 0.374. The molecular weight excluding hydrogens is 350 g/mol. The summed E-state index contributed by atoms with van der Waals surface area (Å²) in [6, 6.07) is 3.56. The van der Waals surface area contributed by atoms with E-state index in [4.69, 9.17) is 11.6 Å². The minimum atomic E-state index is -3.40. The van der Waals surface area contributed by atoms with Crippen molar-refractivity contribution >= 4 is 37.6 Å². The van der Waals surface area contributed by atoms with Crippen LogP contribution in [0.15, 0.2) is 21.5 Å². The van der Waals surface area contributed by atoms with Crippen LogP contribution in [-0.2, 0) is 15.9 Å². The molecule has 1 saturated heterocycles. The Morgan fingerprint density at radius 3 is 2.47 bits per heavy atom. The van der Waals surface area contributed by atoms with E-state index in [0.717, 1.165) is 34.9 Å². The maximum atomic E-state index is 12.7. The standard InChI is InChI=1S/C13H17BrClNO2S/c1-10-12(14)7-11(9-15)8-13(10)19(17,18)16-5-3-2-4-6-16/h7-8H,2-6,9H2,1H3. The van der Waals surface area contributed by atoms with Crippen molar-refractivity contribution < 1.29 is 8.42 Å². The van der Waals surface area contributed by atoms with Gasteiger partial charge in [0.1, 0.15) is 0 Å². The number of hydrogen-bond donors (Lipinski definition) is 0. The molecule has 1 heterocycles. The quantitative estimate of drug-likeness (QED) is 0.765. The second kappa shape index (κ2) is 6.12. The summed E-state index contributed by atoms with van der Waals surface area (Å²) in [6.45, 7) is 3.05. The van der Waals surface area contributed by atoms with Crippen LogP contribution in [0.5, 0.6) is 0 Å². The normalized spacial score (nSPS) is 17.6. The van der Waals surface area contributed by atoms with Crippen molar-refractivity contribution in [2.45, 2.75) is 37.0 Å². The maximum Gasteiger partial charge on any atom is 0.243 e. The Kier molecular flexibility index (Phi) is 4.93. The van der Waals surface area contributed by atoms with Gasteiger partial charge >= 0.3 is 0 Å². The minimum absolute atomic E-state index is 0.307. The third kappa shape index (κ3) is 3.15. The van der Waals surface area contributed by atoms with E-state index in [1.807, 2.05) is 13.0 Å². The summed E-state index contributed by atoms with van der Waals surface area (Å²) in [5.74, 6) is 0.307. The van der Waals surface area contributed by atoms with Crippen LogP contribution < -0.4 is 0 Å². The SMILES string of the molecule is Cc1c(Br)cc(CCl)cc1S(=O)(=O)N1CCCCC1. The molecule has 0 unspecified atom stereocenters. The lowest BCUT2D eigenvalue weighted by Gasteiger charge is -2.27. The van der Waals surface area contributed by atoms with Gasteiger partial charge in [0, 0.05) is 23.4 Å². The van der Waals surface area contributed by atoms with Gasteiger partial charge in [-0.15, -0.1) is 11.6 Å². The number of nitrogens with zero attached hydrogens (tertiary/aromatic N) is 1. The van der Waals surface area contributed by atoms with E-state index in [2.05, 4.69) is 15.9 Å². The molecule has 0 radical (unpaired) electrons. The van der Waals surface area contributed by atoms with Gasteiger partial charge < -0.3 is 0 Å². The molecule has 1 aromatic carbocycles. The number of benzene rings is 1. The zero-order chi connectivity index (χ0) is 14.0. The van der Waals surface area contributed by atoms with Gasteiger partial charge in [0.05, 0.1) is 4.90 Å². The molecule has 0 bridgehead atoms. The molecule has 0 N–H and O–H groups in total. The van der Waals surface area contributed by atoms with Crippen molar-refractivity contribution in [2.24, 2.45) is 0 Å². The average molecular weight is 367 g/mol. The van der Waals surface area contributed by atoms with E-state index < -0.39 is 10.0 Å². The van der Waals surface area contributed by atoms with Crippen LogP contribution in [0, 0.1) is 6.92 Å². The Balaban J connectivity index is 2.47. The highest BCUT2D eigenvalue weighted by atomic mass is 79.9. The van der Waals surface area contributed by atoms with Gasteiger partial charge in [-0.1, -0.05) is 22.4 Å². The molecule has 0 aromatic heterocycles. The van der Waals surface area contributed by atoms with Crippen LogP contribution >= 0.6 is 27.5 Å². The monoisotopic (exact) mass is 365 g/mol. The first-order valence-electron chi connectivity index (χ1n) is 6.32. The first kappa shape index (κ1) is 15.3. The highest BCUT2D eigenvalue weighted by molar-refractivity contribution is 9.10. The van der Waals surface area contributed by atoms with Gasteiger partial charge in [0.15, 0.2) is 0 Å². The first-order chi connectivity index (χ1) is 8.96. The average Bonchev–Trinajstić information content (AvgIpc) is 2.42. The highest BCUT2D eigenvalue weighted by Crippen LogP contribution is 2.29. The Bertz CT molecular complexity index is 568. The molecule has 106 valence electrons. The number of halogens is 2. The molecule has 1 aliphatic heterocycles. The van der Waals surface area contributed by atoms with Gasteiger partial charge in [0.2, 0.25) is 10.0 Å². The summed E-state index contributed by atoms with van der Waals surface area (Å²) in [6.07, 6.45) is 2.99. The maximum absolute atomic E-state index is 12.7. The molecule has 1 fully saturated rings. The van der Waals surface area contributed by atoms with E-state index in [1.54, 1.807) is 10.4 Å². The van der Waals surface area contributed by atoms with E-state index in [0.29, 0.717) is 23.9 Å². The van der Waals surface area contributed by atoms with Crippen molar-refractivity contribution in [3.05, 3.63) is 27.7 Å². The van der Waals surface area contributed by atoms with Crippen LogP contribution in [-0.4, -0.2) is 25.8 Å². The fraction of sp³-hybridized carbons (Fsp3) is 0.538. The third-order valence-corrected chi connectivity index (χ3v) is 6.60. The van der Waals surface area contributed by atoms with Crippen LogP contribution in [0.2, 0.25) is 0 Å². The summed E-state index contributed by atoms with van der Waals surface area (Å²) in [5, 5.41) is 0. The summed E-state index contributed by atoms with van der Waals surface area (Å²) in [5.41, 5.74) is 1.56. The van der Waals surface area contributed by atoms with Crippen molar-refractivity contribution in [3.63, 3.8) is 0 Å². The Labute approximate surface area is 128 Å². The number of sulfonamides is 1. The Morgan fingerprint density at radius 2 is 1.89 bits per heavy atom. The minimum Gasteiger partial charge on any atom is -0.207 e. The lowest BCUT2D eigenvalue weighted by Crippen LogP contribution is -2.36. The van der Waals surface area contributed by atoms with Crippen LogP contribution in [0.25, 0.3) is 0 Å². The van der Waals surface area contributed by atoms with Crippen molar-refractivity contribution in [2.75, 3.05) is 13.1 Å². The molecule has 0 saturated carbocycles. The predicted molar refractivity (Wildman–Crippen MR) is 81.0 cm³/mol. The zero-order valence-corrected chi connectivity index (χ0v) is 14.0. The molecule has 19 heavy (non-hydrogen) atoms. The second-order valence-electron chi connectivity index (χ2n) is 4.80. The molecule has 0 atom stereocenters. The predicted octanol–water partition coefficient (Wildman–Crippen LogP) is 3.67. The van der Waals surface area contributed by atoms with E-state index >= 15 is 0 Å². The molecule has 6 heteroatoms. The molecule has 2 rings (SSSR count). The molecule has 1 aromatic rings. The highest BCUT2D eigenvalue weighted by Gasteiger charge is 2.28. The van der Waals surface area contributed by atoms with Crippen molar-refractivity contribution in [1.29, 1.82) is 0 Å². The van der Waals surface area contributed by atoms with Crippen LogP contribution in [0.4, 0.5) is 0 Å². The molecule has 1 aliphatic rings. The topological polar surface area (TPSA) is 37.4 Å². The Morgan fingerprint density at radius 1 is 1.26 bits per heavy atom. The lowest BCUT2D eigenvalue weighted by atomic mass is 10.2. The molecule has 3 nitrogen and oxygen atoms in total. The van der Waals surface area contributed by atoms with Gasteiger partial charge in [-0.25, -0.2) is 8.42 Å². The summed E-state index contributed by atoms with van der Waals surface area (Å²) >= 11 is 9.24. The second-order valence-corrected chi connectivity index (χ2v) is 7.83. The summed E-state index contributed by atoms with van der Waals surface area (Å²) in [7, 11) is -3.40. The Hall–Kier alpha value is -0.100. The van der Waals surface area contributed by atoms with Crippen LogP contribution in [0.1, 0.15) is 30.4 Å². The number of alkyl halides is 1. The van der Waals surface area contributed by atoms with Gasteiger partial charge in [0.25, 0.3) is 0 Å². The fourth-order valence-electron chi connectivity index (χ4n) is 2.30. The fourth-order valence-corrected chi connectivity index (χ4v) is 4.90.